The highest BCUT2D eigenvalue weighted by atomic mass is 31.2. The quantitative estimate of drug-likeness (QED) is 0.0195. The molecule has 9 nitrogen and oxygen atoms in total. The molecule has 0 saturated heterocycles. The molecule has 0 rings (SSSR count). The third kappa shape index (κ3) is 72.0. The van der Waals surface area contributed by atoms with Gasteiger partial charge in [-0.2, -0.15) is 0 Å². The number of unbranched alkanes of at least 4 members (excludes halogenated alkanes) is 38. The van der Waals surface area contributed by atoms with E-state index >= 15 is 0 Å². The van der Waals surface area contributed by atoms with Crippen LogP contribution in [-0.2, 0) is 32.7 Å². The lowest BCUT2D eigenvalue weighted by atomic mass is 10.0. The summed E-state index contributed by atoms with van der Waals surface area (Å²) in [5.41, 5.74) is 0. The number of rotatable bonds is 68. The SMILES string of the molecule is CC/C=C\C/C=C\C/C=C\C/C=C\C/C=C\CCCCCCCCCCCCCC(=O)OC(COC(=O)CCCCCCCCCCCCCCCCCCCCCCCC/C=C\C/C=C\C/C=C\CCCCCCC)COP(=O)([O-])OCC[N+](C)(C)C. The van der Waals surface area contributed by atoms with Crippen molar-refractivity contribution in [1.82, 2.24) is 0 Å². The fraction of sp³-hybridized carbons (Fsp3) is 0.769. The first kappa shape index (κ1) is 84.9. The Kier molecular flexibility index (Phi) is 65.9. The molecule has 510 valence electrons. The topological polar surface area (TPSA) is 111 Å². The summed E-state index contributed by atoms with van der Waals surface area (Å²) in [5, 5.41) is 0. The van der Waals surface area contributed by atoms with Crippen LogP contribution < -0.4 is 4.89 Å². The first-order chi connectivity index (χ1) is 43.0. The highest BCUT2D eigenvalue weighted by Gasteiger charge is 2.22. The second-order valence-electron chi connectivity index (χ2n) is 25.9. The largest absolute Gasteiger partial charge is 0.756 e. The number of quaternary nitrogens is 1. The van der Waals surface area contributed by atoms with Crippen LogP contribution in [-0.4, -0.2) is 70.0 Å². The number of phosphoric acid groups is 1. The van der Waals surface area contributed by atoms with E-state index in [1.165, 1.54) is 212 Å². The number of phosphoric ester groups is 1. The van der Waals surface area contributed by atoms with Crippen LogP contribution >= 0.6 is 7.82 Å². The molecule has 0 amide bonds. The van der Waals surface area contributed by atoms with Gasteiger partial charge in [-0.25, -0.2) is 0 Å². The number of carbonyl (C=O) groups excluding carboxylic acids is 2. The summed E-state index contributed by atoms with van der Waals surface area (Å²) in [5.74, 6) is -0.827. The summed E-state index contributed by atoms with van der Waals surface area (Å²) in [6.07, 6.45) is 95.0. The molecule has 0 aromatic rings. The Morgan fingerprint density at radius 1 is 0.364 bits per heavy atom. The smallest absolute Gasteiger partial charge is 0.306 e. The van der Waals surface area contributed by atoms with E-state index in [9.17, 15) is 19.0 Å². The number of allylic oxidation sites excluding steroid dienone is 16. The molecule has 0 spiro atoms. The van der Waals surface area contributed by atoms with Crippen molar-refractivity contribution in [1.29, 1.82) is 0 Å². The third-order valence-electron chi connectivity index (χ3n) is 16.1. The zero-order valence-corrected chi connectivity index (χ0v) is 59.1. The van der Waals surface area contributed by atoms with Crippen molar-refractivity contribution in [2.75, 3.05) is 47.5 Å². The van der Waals surface area contributed by atoms with E-state index < -0.39 is 26.5 Å². The minimum atomic E-state index is -4.65. The molecule has 0 aliphatic carbocycles. The Hall–Kier alpha value is -3.07. The summed E-state index contributed by atoms with van der Waals surface area (Å²) in [6.45, 7) is 4.15. The predicted molar refractivity (Wildman–Crippen MR) is 379 cm³/mol. The number of ether oxygens (including phenoxy) is 2. The lowest BCUT2D eigenvalue weighted by molar-refractivity contribution is -0.870. The van der Waals surface area contributed by atoms with Gasteiger partial charge in [-0.15, -0.1) is 0 Å². The number of nitrogens with zero attached hydrogens (tertiary/aromatic N) is 1. The molecule has 0 aliphatic rings. The van der Waals surface area contributed by atoms with E-state index in [-0.39, 0.29) is 32.0 Å². The van der Waals surface area contributed by atoms with Crippen molar-refractivity contribution < 1.29 is 42.1 Å². The second-order valence-corrected chi connectivity index (χ2v) is 27.3. The predicted octanol–water partition coefficient (Wildman–Crippen LogP) is 23.6. The van der Waals surface area contributed by atoms with Gasteiger partial charge in [0, 0.05) is 12.8 Å². The number of likely N-dealkylation sites (N-methyl/N-ethyl adjacent to an activating group) is 1. The number of esters is 2. The van der Waals surface area contributed by atoms with Crippen LogP contribution in [0.5, 0.6) is 0 Å². The van der Waals surface area contributed by atoms with E-state index in [2.05, 4.69) is 111 Å². The van der Waals surface area contributed by atoms with Crippen LogP contribution in [0.4, 0.5) is 0 Å². The summed E-state index contributed by atoms with van der Waals surface area (Å²) in [4.78, 5) is 38.1. The Morgan fingerprint density at radius 2 is 0.648 bits per heavy atom. The number of carbonyl (C=O) groups is 2. The standard InChI is InChI=1S/C78H140NO8P/c1-6-8-10-12-14-16-18-20-22-24-26-28-30-32-34-35-36-37-38-39-40-41-42-43-45-46-48-50-52-54-56-58-60-62-64-66-68-70-77(80)84-74-76(75-86-88(82,83)85-73-72-79(3,4)5)87-78(81)71-69-67-65-63-61-59-57-55-53-51-49-47-44-33-31-29-27-25-23-21-19-17-15-13-11-9-7-2/h9,11,15,17-18,20-21,23-24,26-27,29-30,32-33,44,76H,6-8,10,12-14,16,19,22,25,28,31,34-43,45-75H2,1-5H3/b11-9-,17-15-,20-18-,23-21-,26-24-,29-27-,32-30-,44-33-. The second kappa shape index (κ2) is 68.3. The van der Waals surface area contributed by atoms with Crippen molar-refractivity contribution in [2.24, 2.45) is 0 Å². The minimum Gasteiger partial charge on any atom is -0.756 e. The first-order valence-corrected chi connectivity index (χ1v) is 38.4. The maximum absolute atomic E-state index is 12.9. The van der Waals surface area contributed by atoms with Crippen LogP contribution in [0.1, 0.15) is 335 Å². The normalized spacial score (nSPS) is 13.7. The Morgan fingerprint density at radius 3 is 0.966 bits per heavy atom. The van der Waals surface area contributed by atoms with Gasteiger partial charge in [0.2, 0.25) is 0 Å². The number of hydrogen-bond donors (Lipinski definition) is 0. The zero-order chi connectivity index (χ0) is 64.1. The molecular weight excluding hydrogens is 1110 g/mol. The lowest BCUT2D eigenvalue weighted by Crippen LogP contribution is -2.37. The molecule has 0 aromatic carbocycles. The molecule has 0 N–H and O–H groups in total. The Bertz CT molecular complexity index is 1810. The lowest BCUT2D eigenvalue weighted by Gasteiger charge is -2.28. The van der Waals surface area contributed by atoms with E-state index in [1.807, 2.05) is 21.1 Å². The molecule has 0 radical (unpaired) electrons. The van der Waals surface area contributed by atoms with Crippen molar-refractivity contribution in [3.63, 3.8) is 0 Å². The van der Waals surface area contributed by atoms with Crippen molar-refractivity contribution >= 4 is 19.8 Å². The number of hydrogen-bond acceptors (Lipinski definition) is 8. The van der Waals surface area contributed by atoms with Crippen LogP contribution in [0.3, 0.4) is 0 Å². The molecular formula is C78H140NO8P. The van der Waals surface area contributed by atoms with Gasteiger partial charge < -0.3 is 27.9 Å². The monoisotopic (exact) mass is 1250 g/mol. The molecule has 88 heavy (non-hydrogen) atoms. The van der Waals surface area contributed by atoms with Gasteiger partial charge in [-0.05, 0) is 96.3 Å². The maximum atomic E-state index is 12.9. The van der Waals surface area contributed by atoms with Crippen molar-refractivity contribution in [3.05, 3.63) is 97.2 Å². The van der Waals surface area contributed by atoms with E-state index in [4.69, 9.17) is 18.5 Å². The Labute approximate surface area is 544 Å². The molecule has 0 fully saturated rings. The van der Waals surface area contributed by atoms with Gasteiger partial charge in [0.1, 0.15) is 19.8 Å². The van der Waals surface area contributed by atoms with Crippen molar-refractivity contribution in [3.8, 4) is 0 Å². The zero-order valence-electron chi connectivity index (χ0n) is 58.2. The molecule has 0 saturated carbocycles. The first-order valence-electron chi connectivity index (χ1n) is 36.9. The van der Waals surface area contributed by atoms with Gasteiger partial charge in [0.05, 0.1) is 27.7 Å². The minimum absolute atomic E-state index is 0.0334. The fourth-order valence-corrected chi connectivity index (χ4v) is 11.2. The van der Waals surface area contributed by atoms with Crippen LogP contribution in [0.2, 0.25) is 0 Å². The molecule has 2 atom stereocenters. The molecule has 0 bridgehead atoms. The summed E-state index contributed by atoms with van der Waals surface area (Å²) >= 11 is 0. The van der Waals surface area contributed by atoms with Crippen LogP contribution in [0.25, 0.3) is 0 Å². The molecule has 0 heterocycles. The van der Waals surface area contributed by atoms with Gasteiger partial charge in [0.25, 0.3) is 7.82 Å². The average molecular weight is 1250 g/mol. The van der Waals surface area contributed by atoms with Gasteiger partial charge in [-0.3, -0.25) is 14.2 Å². The highest BCUT2D eigenvalue weighted by molar-refractivity contribution is 7.45. The van der Waals surface area contributed by atoms with Gasteiger partial charge >= 0.3 is 11.9 Å². The maximum Gasteiger partial charge on any atom is 0.306 e. The van der Waals surface area contributed by atoms with Gasteiger partial charge in [0.15, 0.2) is 6.10 Å². The third-order valence-corrected chi connectivity index (χ3v) is 17.1. The molecule has 0 aromatic heterocycles. The van der Waals surface area contributed by atoms with Crippen molar-refractivity contribution in [2.45, 2.75) is 341 Å². The molecule has 10 heteroatoms. The van der Waals surface area contributed by atoms with Crippen LogP contribution in [0.15, 0.2) is 97.2 Å². The van der Waals surface area contributed by atoms with Gasteiger partial charge in [-0.1, -0.05) is 323 Å². The average Bonchev–Trinajstić information content (AvgIpc) is 3.60. The summed E-state index contributed by atoms with van der Waals surface area (Å²) in [6, 6.07) is 0. The summed E-state index contributed by atoms with van der Waals surface area (Å²) < 4.78 is 34.4. The molecule has 0 aliphatic heterocycles. The van der Waals surface area contributed by atoms with E-state index in [0.717, 1.165) is 89.9 Å². The highest BCUT2D eigenvalue weighted by Crippen LogP contribution is 2.38. The van der Waals surface area contributed by atoms with Crippen LogP contribution in [0, 0.1) is 0 Å². The van der Waals surface area contributed by atoms with E-state index in [1.54, 1.807) is 0 Å². The fourth-order valence-electron chi connectivity index (χ4n) is 10.5. The summed E-state index contributed by atoms with van der Waals surface area (Å²) in [7, 11) is 1.17. The molecule has 2 unspecified atom stereocenters. The Balaban J connectivity index is 3.98. The van der Waals surface area contributed by atoms with E-state index in [0.29, 0.717) is 17.4 Å².